The third-order valence-electron chi connectivity index (χ3n) is 3.10. The lowest BCUT2D eigenvalue weighted by Gasteiger charge is -2.20. The monoisotopic (exact) mass is 418 g/mol. The van der Waals surface area contributed by atoms with Gasteiger partial charge in [-0.15, -0.1) is 0 Å². The number of amides is 1. The lowest BCUT2D eigenvalue weighted by molar-refractivity contribution is 0.102. The van der Waals surface area contributed by atoms with Crippen molar-refractivity contribution >= 4 is 44.8 Å². The molecule has 0 atom stereocenters. The number of nitrogens with one attached hydrogen (secondary N) is 2. The van der Waals surface area contributed by atoms with Crippen LogP contribution in [-0.4, -0.2) is 19.9 Å². The molecule has 26 heavy (non-hydrogen) atoms. The highest BCUT2D eigenvalue weighted by atomic mass is 35.5. The minimum Gasteiger partial charge on any atom is -0.322 e. The molecule has 0 aliphatic rings. The Kier molecular flexibility index (Phi) is 5.97. The van der Waals surface area contributed by atoms with Gasteiger partial charge in [-0.3, -0.25) is 4.79 Å². The molecule has 9 heteroatoms. The van der Waals surface area contributed by atoms with E-state index < -0.39 is 27.3 Å². The summed E-state index contributed by atoms with van der Waals surface area (Å²) in [6.07, 6.45) is 0. The molecule has 140 valence electrons. The second-order valence-corrected chi connectivity index (χ2v) is 9.08. The van der Waals surface area contributed by atoms with Crippen molar-refractivity contribution in [1.29, 1.82) is 0 Å². The molecule has 0 aliphatic carbocycles. The van der Waals surface area contributed by atoms with Gasteiger partial charge in [0.05, 0.1) is 20.5 Å². The van der Waals surface area contributed by atoms with E-state index in [1.807, 2.05) is 0 Å². The Morgan fingerprint density at radius 3 is 2.35 bits per heavy atom. The van der Waals surface area contributed by atoms with Crippen LogP contribution in [0.3, 0.4) is 0 Å². The summed E-state index contributed by atoms with van der Waals surface area (Å²) in [7, 11) is -3.77. The van der Waals surface area contributed by atoms with Crippen molar-refractivity contribution in [2.45, 2.75) is 31.2 Å². The first kappa shape index (κ1) is 20.6. The van der Waals surface area contributed by atoms with Gasteiger partial charge in [0.1, 0.15) is 5.82 Å². The molecule has 5 nitrogen and oxygen atoms in total. The molecule has 0 fully saturated rings. The standard InChI is InChI=1S/C17H17Cl2FN2O3S/c1-17(2,3)22-26(24,25)11-6-4-5-10(7-11)21-16(23)12-8-15(20)14(19)9-13(12)18/h4-9,22H,1-3H3,(H,21,23). The summed E-state index contributed by atoms with van der Waals surface area (Å²) in [5.74, 6) is -1.48. The van der Waals surface area contributed by atoms with Gasteiger partial charge in [-0.25, -0.2) is 17.5 Å². The van der Waals surface area contributed by atoms with Gasteiger partial charge >= 0.3 is 0 Å². The predicted molar refractivity (Wildman–Crippen MR) is 101 cm³/mol. The molecule has 0 unspecified atom stereocenters. The van der Waals surface area contributed by atoms with Gasteiger partial charge in [-0.1, -0.05) is 29.3 Å². The third-order valence-corrected chi connectivity index (χ3v) is 5.46. The van der Waals surface area contributed by atoms with Crippen LogP contribution in [0.25, 0.3) is 0 Å². The molecule has 2 aromatic carbocycles. The molecule has 2 rings (SSSR count). The van der Waals surface area contributed by atoms with E-state index in [0.29, 0.717) is 0 Å². The first-order valence-electron chi connectivity index (χ1n) is 7.49. The Hall–Kier alpha value is -1.67. The zero-order chi connectivity index (χ0) is 19.7. The number of halogens is 3. The summed E-state index contributed by atoms with van der Waals surface area (Å²) in [6.45, 7) is 5.15. The number of anilines is 1. The number of hydrogen-bond acceptors (Lipinski definition) is 3. The van der Waals surface area contributed by atoms with Crippen LogP contribution in [0.1, 0.15) is 31.1 Å². The van der Waals surface area contributed by atoms with Gasteiger partial charge in [-0.2, -0.15) is 0 Å². The van der Waals surface area contributed by atoms with Gasteiger partial charge < -0.3 is 5.32 Å². The van der Waals surface area contributed by atoms with E-state index >= 15 is 0 Å². The number of benzene rings is 2. The highest BCUT2D eigenvalue weighted by Gasteiger charge is 2.22. The van der Waals surface area contributed by atoms with Gasteiger partial charge in [0.15, 0.2) is 0 Å². The molecule has 1 amide bonds. The molecule has 0 radical (unpaired) electrons. The maximum Gasteiger partial charge on any atom is 0.257 e. The Bertz CT molecular complexity index is 957. The van der Waals surface area contributed by atoms with Crippen molar-refractivity contribution < 1.29 is 17.6 Å². The van der Waals surface area contributed by atoms with Crippen LogP contribution in [0.5, 0.6) is 0 Å². The van der Waals surface area contributed by atoms with Crippen molar-refractivity contribution in [3.05, 3.63) is 57.8 Å². The normalized spacial score (nSPS) is 12.1. The lowest BCUT2D eigenvalue weighted by atomic mass is 10.1. The fourth-order valence-electron chi connectivity index (χ4n) is 2.10. The molecule has 0 aromatic heterocycles. The maximum absolute atomic E-state index is 13.6. The van der Waals surface area contributed by atoms with Crippen LogP contribution >= 0.6 is 23.2 Å². The van der Waals surface area contributed by atoms with Gasteiger partial charge in [0.2, 0.25) is 10.0 Å². The van der Waals surface area contributed by atoms with E-state index in [1.54, 1.807) is 20.8 Å². The van der Waals surface area contributed by atoms with Crippen LogP contribution < -0.4 is 10.0 Å². The van der Waals surface area contributed by atoms with Crippen molar-refractivity contribution in [3.8, 4) is 0 Å². The maximum atomic E-state index is 13.6. The van der Waals surface area contributed by atoms with E-state index in [2.05, 4.69) is 10.0 Å². The minimum atomic E-state index is -3.77. The highest BCUT2D eigenvalue weighted by molar-refractivity contribution is 7.89. The van der Waals surface area contributed by atoms with Crippen molar-refractivity contribution in [2.75, 3.05) is 5.32 Å². The highest BCUT2D eigenvalue weighted by Crippen LogP contribution is 2.25. The number of rotatable bonds is 4. The molecule has 0 saturated carbocycles. The first-order chi connectivity index (χ1) is 11.9. The van der Waals surface area contributed by atoms with Gasteiger partial charge in [0, 0.05) is 11.2 Å². The summed E-state index contributed by atoms with van der Waals surface area (Å²) >= 11 is 11.5. The van der Waals surface area contributed by atoms with E-state index in [-0.39, 0.29) is 26.2 Å². The first-order valence-corrected chi connectivity index (χ1v) is 9.73. The Morgan fingerprint density at radius 1 is 1.08 bits per heavy atom. The van der Waals surface area contributed by atoms with E-state index in [0.717, 1.165) is 12.1 Å². The Labute approximate surface area is 161 Å². The van der Waals surface area contributed by atoms with E-state index in [1.165, 1.54) is 24.3 Å². The predicted octanol–water partition coefficient (Wildman–Crippen LogP) is 4.46. The fourth-order valence-corrected chi connectivity index (χ4v) is 4.03. The smallest absolute Gasteiger partial charge is 0.257 e. The Morgan fingerprint density at radius 2 is 1.73 bits per heavy atom. The molecular formula is C17H17Cl2FN2O3S. The van der Waals surface area contributed by atoms with E-state index in [4.69, 9.17) is 23.2 Å². The summed E-state index contributed by atoms with van der Waals surface area (Å²) in [4.78, 5) is 12.3. The SMILES string of the molecule is CC(C)(C)NS(=O)(=O)c1cccc(NC(=O)c2cc(F)c(Cl)cc2Cl)c1. The molecule has 2 N–H and O–H groups in total. The summed E-state index contributed by atoms with van der Waals surface area (Å²) in [6, 6.07) is 7.74. The number of sulfonamides is 1. The van der Waals surface area contributed by atoms with Crippen molar-refractivity contribution in [3.63, 3.8) is 0 Å². The van der Waals surface area contributed by atoms with Crippen LogP contribution in [0, 0.1) is 5.82 Å². The van der Waals surface area contributed by atoms with Crippen LogP contribution in [0.2, 0.25) is 10.0 Å². The second kappa shape index (κ2) is 7.52. The number of carbonyl (C=O) groups excluding carboxylic acids is 1. The average molecular weight is 419 g/mol. The lowest BCUT2D eigenvalue weighted by Crippen LogP contribution is -2.40. The number of hydrogen-bond donors (Lipinski definition) is 2. The zero-order valence-electron chi connectivity index (χ0n) is 14.2. The fraction of sp³-hybridized carbons (Fsp3) is 0.235. The molecule has 0 spiro atoms. The van der Waals surface area contributed by atoms with Crippen LogP contribution in [-0.2, 0) is 10.0 Å². The molecular weight excluding hydrogens is 402 g/mol. The summed E-state index contributed by atoms with van der Waals surface area (Å²) in [5, 5.41) is 2.27. The quantitative estimate of drug-likeness (QED) is 0.719. The van der Waals surface area contributed by atoms with Gasteiger partial charge in [-0.05, 0) is 51.1 Å². The number of carbonyl (C=O) groups is 1. The average Bonchev–Trinajstić information content (AvgIpc) is 2.48. The third kappa shape index (κ3) is 5.17. The Balaban J connectivity index is 2.29. The van der Waals surface area contributed by atoms with Crippen molar-refractivity contribution in [1.82, 2.24) is 4.72 Å². The van der Waals surface area contributed by atoms with E-state index in [9.17, 15) is 17.6 Å². The molecule has 0 saturated heterocycles. The van der Waals surface area contributed by atoms with Crippen molar-refractivity contribution in [2.24, 2.45) is 0 Å². The second-order valence-electron chi connectivity index (χ2n) is 6.58. The summed E-state index contributed by atoms with van der Waals surface area (Å²) in [5.41, 5.74) is -0.556. The molecule has 0 aliphatic heterocycles. The van der Waals surface area contributed by atoms with Crippen LogP contribution in [0.15, 0.2) is 41.3 Å². The largest absolute Gasteiger partial charge is 0.322 e. The van der Waals surface area contributed by atoms with Crippen LogP contribution in [0.4, 0.5) is 10.1 Å². The molecule has 2 aromatic rings. The summed E-state index contributed by atoms with van der Waals surface area (Å²) < 4.78 is 40.9. The molecule has 0 bridgehead atoms. The molecule has 0 heterocycles. The van der Waals surface area contributed by atoms with Gasteiger partial charge in [0.25, 0.3) is 5.91 Å². The minimum absolute atomic E-state index is 0.0152. The zero-order valence-corrected chi connectivity index (χ0v) is 16.6. The topological polar surface area (TPSA) is 75.3 Å².